The number of benzene rings is 2. The number of nitrogens with one attached hydrogen (secondary N) is 2. The third-order valence-corrected chi connectivity index (χ3v) is 5.93. The Labute approximate surface area is 190 Å². The molecule has 0 aliphatic carbocycles. The third kappa shape index (κ3) is 5.02. The standard InChI is InChI=1S/C24H25FN4O4/c25-18-9-4-8-17(14-18)23(32)28-12-13-29(24(33)16-6-2-1-3-7-16)20(15-28)22(31)27-19-10-5-11-26-21(19)30/h1-4,6-9,14,19-20H,5,10-13,15H2,(H,26,30)(H,27,31)/t19-,20-/m0/s1. The molecule has 2 aromatic carbocycles. The van der Waals surface area contributed by atoms with Gasteiger partial charge in [0.1, 0.15) is 17.9 Å². The molecule has 0 bridgehead atoms. The normalized spacial score (nSPS) is 20.7. The Kier molecular flexibility index (Phi) is 6.67. The molecule has 33 heavy (non-hydrogen) atoms. The maximum Gasteiger partial charge on any atom is 0.254 e. The van der Waals surface area contributed by atoms with Crippen LogP contribution in [0.5, 0.6) is 0 Å². The summed E-state index contributed by atoms with van der Waals surface area (Å²) in [7, 11) is 0. The first-order chi connectivity index (χ1) is 15.9. The highest BCUT2D eigenvalue weighted by atomic mass is 19.1. The Morgan fingerprint density at radius 1 is 0.970 bits per heavy atom. The fraction of sp³-hybridized carbons (Fsp3) is 0.333. The number of hydrogen-bond acceptors (Lipinski definition) is 4. The largest absolute Gasteiger partial charge is 0.354 e. The Morgan fingerprint density at radius 2 is 1.73 bits per heavy atom. The first kappa shape index (κ1) is 22.4. The lowest BCUT2D eigenvalue weighted by molar-refractivity contribution is -0.133. The fourth-order valence-corrected chi connectivity index (χ4v) is 4.16. The number of piperidine rings is 1. The van der Waals surface area contributed by atoms with E-state index in [0.29, 0.717) is 18.5 Å². The van der Waals surface area contributed by atoms with E-state index < -0.39 is 29.7 Å². The van der Waals surface area contributed by atoms with Gasteiger partial charge in [0.15, 0.2) is 0 Å². The zero-order valence-electron chi connectivity index (χ0n) is 18.0. The zero-order chi connectivity index (χ0) is 23.4. The van der Waals surface area contributed by atoms with E-state index >= 15 is 0 Å². The van der Waals surface area contributed by atoms with Crippen LogP contribution in [0.1, 0.15) is 33.6 Å². The third-order valence-electron chi connectivity index (χ3n) is 5.93. The molecule has 4 amide bonds. The predicted molar refractivity (Wildman–Crippen MR) is 118 cm³/mol. The quantitative estimate of drug-likeness (QED) is 0.728. The van der Waals surface area contributed by atoms with E-state index in [0.717, 1.165) is 12.5 Å². The van der Waals surface area contributed by atoms with Gasteiger partial charge in [0.2, 0.25) is 11.8 Å². The number of rotatable bonds is 4. The van der Waals surface area contributed by atoms with Gasteiger partial charge in [0, 0.05) is 30.8 Å². The monoisotopic (exact) mass is 452 g/mol. The SMILES string of the molecule is O=C1NCCC[C@@H]1NC(=O)[C@@H]1CN(C(=O)c2cccc(F)c2)CCN1C(=O)c1ccccc1. The van der Waals surface area contributed by atoms with Gasteiger partial charge in [-0.25, -0.2) is 4.39 Å². The molecular formula is C24H25FN4O4. The van der Waals surface area contributed by atoms with Crippen molar-refractivity contribution in [3.8, 4) is 0 Å². The van der Waals surface area contributed by atoms with E-state index in [4.69, 9.17) is 0 Å². The zero-order valence-corrected chi connectivity index (χ0v) is 18.0. The average Bonchev–Trinajstić information content (AvgIpc) is 2.84. The minimum atomic E-state index is -0.987. The van der Waals surface area contributed by atoms with Crippen LogP contribution in [0.15, 0.2) is 54.6 Å². The van der Waals surface area contributed by atoms with Crippen LogP contribution >= 0.6 is 0 Å². The van der Waals surface area contributed by atoms with E-state index in [1.165, 1.54) is 28.0 Å². The molecule has 0 aromatic heterocycles. The molecule has 8 nitrogen and oxygen atoms in total. The van der Waals surface area contributed by atoms with Gasteiger partial charge in [0.05, 0.1) is 6.54 Å². The van der Waals surface area contributed by atoms with Crippen molar-refractivity contribution >= 4 is 23.6 Å². The first-order valence-electron chi connectivity index (χ1n) is 10.9. The minimum Gasteiger partial charge on any atom is -0.354 e. The Bertz CT molecular complexity index is 1060. The molecule has 2 aromatic rings. The van der Waals surface area contributed by atoms with Gasteiger partial charge in [-0.05, 0) is 43.2 Å². The average molecular weight is 452 g/mol. The van der Waals surface area contributed by atoms with Crippen LogP contribution in [0, 0.1) is 5.82 Å². The number of carbonyl (C=O) groups excluding carboxylic acids is 4. The van der Waals surface area contributed by atoms with E-state index in [1.807, 2.05) is 0 Å². The highest BCUT2D eigenvalue weighted by Crippen LogP contribution is 2.18. The Hall–Kier alpha value is -3.75. The molecule has 2 N–H and O–H groups in total. The van der Waals surface area contributed by atoms with Gasteiger partial charge < -0.3 is 20.4 Å². The summed E-state index contributed by atoms with van der Waals surface area (Å²) in [6.07, 6.45) is 1.24. The molecule has 2 heterocycles. The van der Waals surface area contributed by atoms with Gasteiger partial charge in [-0.2, -0.15) is 0 Å². The van der Waals surface area contributed by atoms with Gasteiger partial charge in [0.25, 0.3) is 11.8 Å². The molecule has 2 fully saturated rings. The van der Waals surface area contributed by atoms with Crippen LogP contribution in [0.3, 0.4) is 0 Å². The highest BCUT2D eigenvalue weighted by molar-refractivity contribution is 6.00. The summed E-state index contributed by atoms with van der Waals surface area (Å²) in [5, 5.41) is 5.46. The van der Waals surface area contributed by atoms with Gasteiger partial charge in [-0.3, -0.25) is 19.2 Å². The molecule has 0 unspecified atom stereocenters. The highest BCUT2D eigenvalue weighted by Gasteiger charge is 2.39. The van der Waals surface area contributed by atoms with E-state index in [-0.39, 0.29) is 37.0 Å². The van der Waals surface area contributed by atoms with Crippen molar-refractivity contribution in [3.05, 3.63) is 71.5 Å². The maximum atomic E-state index is 13.6. The van der Waals surface area contributed by atoms with Crippen molar-refractivity contribution < 1.29 is 23.6 Å². The summed E-state index contributed by atoms with van der Waals surface area (Å²) in [6, 6.07) is 12.3. The van der Waals surface area contributed by atoms with Crippen LogP contribution in [0.25, 0.3) is 0 Å². The lowest BCUT2D eigenvalue weighted by Crippen LogP contribution is -2.63. The summed E-state index contributed by atoms with van der Waals surface area (Å²) < 4.78 is 13.6. The van der Waals surface area contributed by atoms with E-state index in [1.54, 1.807) is 30.3 Å². The topological polar surface area (TPSA) is 98.8 Å². The van der Waals surface area contributed by atoms with Crippen molar-refractivity contribution in [2.24, 2.45) is 0 Å². The number of halogens is 1. The van der Waals surface area contributed by atoms with Crippen molar-refractivity contribution in [2.45, 2.75) is 24.9 Å². The number of amides is 4. The molecule has 2 atom stereocenters. The second-order valence-electron chi connectivity index (χ2n) is 8.14. The number of piperazine rings is 1. The molecule has 2 aliphatic rings. The van der Waals surface area contributed by atoms with Gasteiger partial charge in [-0.1, -0.05) is 24.3 Å². The minimum absolute atomic E-state index is 0.0614. The Morgan fingerprint density at radius 3 is 2.45 bits per heavy atom. The molecule has 2 saturated heterocycles. The summed E-state index contributed by atoms with van der Waals surface area (Å²) in [5.74, 6) is -2.05. The maximum absolute atomic E-state index is 13.6. The van der Waals surface area contributed by atoms with E-state index in [9.17, 15) is 23.6 Å². The molecule has 0 spiro atoms. The van der Waals surface area contributed by atoms with Gasteiger partial charge in [-0.15, -0.1) is 0 Å². The van der Waals surface area contributed by atoms with Crippen LogP contribution in [0.4, 0.5) is 4.39 Å². The summed E-state index contributed by atoms with van der Waals surface area (Å²) in [4.78, 5) is 54.4. The van der Waals surface area contributed by atoms with Gasteiger partial charge >= 0.3 is 0 Å². The fourth-order valence-electron chi connectivity index (χ4n) is 4.16. The van der Waals surface area contributed by atoms with Crippen molar-refractivity contribution in [3.63, 3.8) is 0 Å². The van der Waals surface area contributed by atoms with Crippen LogP contribution in [0.2, 0.25) is 0 Å². The van der Waals surface area contributed by atoms with Crippen LogP contribution in [-0.2, 0) is 9.59 Å². The lowest BCUT2D eigenvalue weighted by Gasteiger charge is -2.41. The molecule has 4 rings (SSSR count). The summed E-state index contributed by atoms with van der Waals surface area (Å²) >= 11 is 0. The summed E-state index contributed by atoms with van der Waals surface area (Å²) in [6.45, 7) is 0.822. The van der Waals surface area contributed by atoms with Crippen molar-refractivity contribution in [2.75, 3.05) is 26.2 Å². The Balaban J connectivity index is 1.56. The second-order valence-corrected chi connectivity index (χ2v) is 8.14. The van der Waals surface area contributed by atoms with E-state index in [2.05, 4.69) is 10.6 Å². The summed E-state index contributed by atoms with van der Waals surface area (Å²) in [5.41, 5.74) is 0.597. The van der Waals surface area contributed by atoms with Crippen LogP contribution < -0.4 is 10.6 Å². The molecule has 0 saturated carbocycles. The van der Waals surface area contributed by atoms with Crippen molar-refractivity contribution in [1.82, 2.24) is 20.4 Å². The molecule has 9 heteroatoms. The first-order valence-corrected chi connectivity index (χ1v) is 10.9. The number of carbonyl (C=O) groups is 4. The van der Waals surface area contributed by atoms with Crippen LogP contribution in [-0.4, -0.2) is 71.7 Å². The van der Waals surface area contributed by atoms with Crippen molar-refractivity contribution in [1.29, 1.82) is 0 Å². The molecule has 2 aliphatic heterocycles. The molecule has 172 valence electrons. The molecular weight excluding hydrogens is 427 g/mol. The predicted octanol–water partition coefficient (Wildman–Crippen LogP) is 1.19. The molecule has 0 radical (unpaired) electrons. The number of hydrogen-bond donors (Lipinski definition) is 2. The second kappa shape index (κ2) is 9.81. The lowest BCUT2D eigenvalue weighted by atomic mass is 10.0. The smallest absolute Gasteiger partial charge is 0.254 e. The number of nitrogens with zero attached hydrogens (tertiary/aromatic N) is 2.